The monoisotopic (exact) mass is 266 g/mol. The summed E-state index contributed by atoms with van der Waals surface area (Å²) in [6.07, 6.45) is 2.00. The summed E-state index contributed by atoms with van der Waals surface area (Å²) in [5.41, 5.74) is 9.07. The molecule has 0 radical (unpaired) electrons. The Bertz CT molecular complexity index is 645. The van der Waals surface area contributed by atoms with Crippen LogP contribution in [0.25, 0.3) is 0 Å². The van der Waals surface area contributed by atoms with E-state index in [-0.39, 0.29) is 0 Å². The van der Waals surface area contributed by atoms with Gasteiger partial charge in [0.1, 0.15) is 5.75 Å². The van der Waals surface area contributed by atoms with Crippen molar-refractivity contribution < 1.29 is 4.74 Å². The van der Waals surface area contributed by atoms with Crippen LogP contribution in [0.2, 0.25) is 0 Å². The average Bonchev–Trinajstić information content (AvgIpc) is 2.89. The predicted molar refractivity (Wildman–Crippen MR) is 82.7 cm³/mol. The first-order chi connectivity index (χ1) is 9.76. The number of aryl methyl sites for hydroxylation is 2. The van der Waals surface area contributed by atoms with E-state index in [0.717, 1.165) is 30.0 Å². The molecule has 1 aliphatic carbocycles. The lowest BCUT2D eigenvalue weighted by molar-refractivity contribution is 0.414. The quantitative estimate of drug-likeness (QED) is 0.858. The fourth-order valence-electron chi connectivity index (χ4n) is 2.45. The first kappa shape index (κ1) is 12.7. The maximum atomic E-state index is 5.26. The summed E-state index contributed by atoms with van der Waals surface area (Å²) >= 11 is 0. The first-order valence-electron chi connectivity index (χ1n) is 6.83. The maximum absolute atomic E-state index is 5.26. The SMILES string of the molecule is COc1ccc2c(c1)CC/C2=N/Nc1ccc(C)cc1. The minimum Gasteiger partial charge on any atom is -0.497 e. The van der Waals surface area contributed by atoms with Gasteiger partial charge in [0, 0.05) is 5.56 Å². The van der Waals surface area contributed by atoms with Gasteiger partial charge in [0.05, 0.1) is 18.5 Å². The van der Waals surface area contributed by atoms with Crippen molar-refractivity contribution in [3.63, 3.8) is 0 Å². The van der Waals surface area contributed by atoms with E-state index in [9.17, 15) is 0 Å². The second-order valence-electron chi connectivity index (χ2n) is 5.06. The molecule has 2 aromatic carbocycles. The van der Waals surface area contributed by atoms with Crippen molar-refractivity contribution in [1.82, 2.24) is 0 Å². The number of nitrogens with one attached hydrogen (secondary N) is 1. The number of hydrazone groups is 1. The normalized spacial score (nSPS) is 15.2. The molecule has 0 fully saturated rings. The Kier molecular flexibility index (Phi) is 3.42. The molecule has 0 aromatic heterocycles. The van der Waals surface area contributed by atoms with Crippen molar-refractivity contribution in [2.45, 2.75) is 19.8 Å². The molecule has 1 N–H and O–H groups in total. The summed E-state index contributed by atoms with van der Waals surface area (Å²) in [5, 5.41) is 4.55. The van der Waals surface area contributed by atoms with Crippen LogP contribution < -0.4 is 10.2 Å². The highest BCUT2D eigenvalue weighted by Crippen LogP contribution is 2.26. The Morgan fingerprint density at radius 2 is 1.85 bits per heavy atom. The molecule has 0 amide bonds. The van der Waals surface area contributed by atoms with E-state index in [1.165, 1.54) is 16.7 Å². The van der Waals surface area contributed by atoms with Crippen LogP contribution in [0.4, 0.5) is 5.69 Å². The predicted octanol–water partition coefficient (Wildman–Crippen LogP) is 3.77. The van der Waals surface area contributed by atoms with E-state index in [4.69, 9.17) is 4.74 Å². The van der Waals surface area contributed by atoms with Crippen molar-refractivity contribution in [1.29, 1.82) is 0 Å². The molecule has 3 heteroatoms. The van der Waals surface area contributed by atoms with Gasteiger partial charge in [-0.25, -0.2) is 0 Å². The molecule has 0 saturated heterocycles. The summed E-state index contributed by atoms with van der Waals surface area (Å²) in [6.45, 7) is 2.08. The Hall–Kier alpha value is -2.29. The maximum Gasteiger partial charge on any atom is 0.119 e. The number of methoxy groups -OCH3 is 1. The lowest BCUT2D eigenvalue weighted by Crippen LogP contribution is -2.00. The molecule has 0 aliphatic heterocycles. The Morgan fingerprint density at radius 1 is 1.05 bits per heavy atom. The van der Waals surface area contributed by atoms with E-state index in [0.29, 0.717) is 0 Å². The summed E-state index contributed by atoms with van der Waals surface area (Å²) in [7, 11) is 1.70. The zero-order valence-electron chi connectivity index (χ0n) is 11.8. The lowest BCUT2D eigenvalue weighted by Gasteiger charge is -2.05. The van der Waals surface area contributed by atoms with Gasteiger partial charge in [-0.05, 0) is 55.7 Å². The van der Waals surface area contributed by atoms with E-state index in [2.05, 4.69) is 41.7 Å². The molecule has 1 aliphatic rings. The van der Waals surface area contributed by atoms with Crippen LogP contribution in [0, 0.1) is 6.92 Å². The standard InChI is InChI=1S/C17H18N2O/c1-12-3-6-14(7-4-12)18-19-17-10-5-13-11-15(20-2)8-9-16(13)17/h3-4,6-9,11,18H,5,10H2,1-2H3/b19-17-. The summed E-state index contributed by atoms with van der Waals surface area (Å²) in [6, 6.07) is 14.4. The number of hydrogen-bond donors (Lipinski definition) is 1. The second-order valence-corrected chi connectivity index (χ2v) is 5.06. The molecule has 3 nitrogen and oxygen atoms in total. The van der Waals surface area contributed by atoms with Gasteiger partial charge in [0.15, 0.2) is 0 Å². The molecule has 0 heterocycles. The number of rotatable bonds is 3. The fraction of sp³-hybridized carbons (Fsp3) is 0.235. The van der Waals surface area contributed by atoms with Crippen LogP contribution in [0.15, 0.2) is 47.6 Å². The van der Waals surface area contributed by atoms with Crippen LogP contribution in [0.3, 0.4) is 0 Å². The minimum atomic E-state index is 0.913. The highest BCUT2D eigenvalue weighted by molar-refractivity contribution is 6.05. The molecular weight excluding hydrogens is 248 g/mol. The van der Waals surface area contributed by atoms with Gasteiger partial charge >= 0.3 is 0 Å². The topological polar surface area (TPSA) is 33.6 Å². The van der Waals surface area contributed by atoms with Gasteiger partial charge in [-0.3, -0.25) is 5.43 Å². The molecule has 0 atom stereocenters. The smallest absolute Gasteiger partial charge is 0.119 e. The van der Waals surface area contributed by atoms with Crippen LogP contribution in [-0.2, 0) is 6.42 Å². The molecule has 0 spiro atoms. The molecular formula is C17H18N2O. The van der Waals surface area contributed by atoms with Crippen molar-refractivity contribution in [3.8, 4) is 5.75 Å². The minimum absolute atomic E-state index is 0.913. The largest absolute Gasteiger partial charge is 0.497 e. The zero-order chi connectivity index (χ0) is 13.9. The third-order valence-corrected chi connectivity index (χ3v) is 3.63. The number of hydrogen-bond acceptors (Lipinski definition) is 3. The van der Waals surface area contributed by atoms with Crippen LogP contribution in [0.5, 0.6) is 5.75 Å². The second kappa shape index (κ2) is 5.37. The van der Waals surface area contributed by atoms with E-state index in [1.54, 1.807) is 7.11 Å². The molecule has 0 saturated carbocycles. The van der Waals surface area contributed by atoms with Gasteiger partial charge in [-0.1, -0.05) is 17.7 Å². The Morgan fingerprint density at radius 3 is 2.60 bits per heavy atom. The summed E-state index contributed by atoms with van der Waals surface area (Å²) in [5.74, 6) is 0.913. The Labute approximate surface area is 119 Å². The van der Waals surface area contributed by atoms with Crippen molar-refractivity contribution in [2.75, 3.05) is 12.5 Å². The fourth-order valence-corrected chi connectivity index (χ4v) is 2.45. The van der Waals surface area contributed by atoms with Gasteiger partial charge in [-0.2, -0.15) is 5.10 Å². The Balaban J connectivity index is 1.80. The lowest BCUT2D eigenvalue weighted by atomic mass is 10.1. The molecule has 0 bridgehead atoms. The van der Waals surface area contributed by atoms with Gasteiger partial charge < -0.3 is 4.74 Å². The van der Waals surface area contributed by atoms with E-state index < -0.39 is 0 Å². The highest BCUT2D eigenvalue weighted by Gasteiger charge is 2.18. The number of fused-ring (bicyclic) bond motifs is 1. The van der Waals surface area contributed by atoms with Crippen molar-refractivity contribution >= 4 is 11.4 Å². The first-order valence-corrected chi connectivity index (χ1v) is 6.83. The van der Waals surface area contributed by atoms with Crippen LogP contribution in [0.1, 0.15) is 23.1 Å². The van der Waals surface area contributed by atoms with E-state index in [1.807, 2.05) is 18.2 Å². The third-order valence-electron chi connectivity index (χ3n) is 3.63. The van der Waals surface area contributed by atoms with Crippen LogP contribution >= 0.6 is 0 Å². The average molecular weight is 266 g/mol. The molecule has 0 unspecified atom stereocenters. The van der Waals surface area contributed by atoms with Gasteiger partial charge in [0.25, 0.3) is 0 Å². The molecule has 20 heavy (non-hydrogen) atoms. The third kappa shape index (κ3) is 2.52. The number of benzene rings is 2. The van der Waals surface area contributed by atoms with Crippen molar-refractivity contribution in [2.24, 2.45) is 5.10 Å². The highest BCUT2D eigenvalue weighted by atomic mass is 16.5. The molecule has 2 aromatic rings. The molecule has 102 valence electrons. The van der Waals surface area contributed by atoms with Crippen molar-refractivity contribution in [3.05, 3.63) is 59.2 Å². The molecule has 3 rings (SSSR count). The summed E-state index contributed by atoms with van der Waals surface area (Å²) in [4.78, 5) is 0. The number of ether oxygens (including phenoxy) is 1. The zero-order valence-corrected chi connectivity index (χ0v) is 11.8. The number of anilines is 1. The number of nitrogens with zero attached hydrogens (tertiary/aromatic N) is 1. The summed E-state index contributed by atoms with van der Waals surface area (Å²) < 4.78 is 5.26. The van der Waals surface area contributed by atoms with Crippen LogP contribution in [-0.4, -0.2) is 12.8 Å². The van der Waals surface area contributed by atoms with Gasteiger partial charge in [-0.15, -0.1) is 0 Å². The van der Waals surface area contributed by atoms with Gasteiger partial charge in [0.2, 0.25) is 0 Å². The van der Waals surface area contributed by atoms with E-state index >= 15 is 0 Å².